The summed E-state index contributed by atoms with van der Waals surface area (Å²) in [6.07, 6.45) is 0. The Morgan fingerprint density at radius 3 is 2.41 bits per heavy atom. The molecule has 0 N–H and O–H groups in total. The third-order valence-electron chi connectivity index (χ3n) is 3.88. The molecule has 1 aliphatic heterocycles. The molecule has 0 spiro atoms. The van der Waals surface area contributed by atoms with Gasteiger partial charge in [0, 0.05) is 31.2 Å². The van der Waals surface area contributed by atoms with Crippen LogP contribution >= 0.6 is 11.6 Å². The molecule has 6 nitrogen and oxygen atoms in total. The number of rotatable bonds is 3. The molecule has 0 atom stereocenters. The minimum atomic E-state index is 0.361. The predicted octanol–water partition coefficient (Wildman–Crippen LogP) is 1.93. The molecule has 0 amide bonds. The molecule has 0 unspecified atom stereocenters. The summed E-state index contributed by atoms with van der Waals surface area (Å²) in [5.41, 5.74) is 1.15. The number of benzene rings is 1. The molecular formula is C15H17ClN6. The number of likely N-dealkylation sites (N-methyl/N-ethyl adjacent to an activating group) is 1. The van der Waals surface area contributed by atoms with Crippen LogP contribution in [0.15, 0.2) is 24.3 Å². The molecule has 0 bridgehead atoms. The van der Waals surface area contributed by atoms with Gasteiger partial charge in [-0.05, 0) is 30.8 Å². The summed E-state index contributed by atoms with van der Waals surface area (Å²) >= 11 is 5.90. The first-order valence-corrected chi connectivity index (χ1v) is 7.69. The Morgan fingerprint density at radius 2 is 1.82 bits per heavy atom. The van der Waals surface area contributed by atoms with Gasteiger partial charge in [0.05, 0.1) is 5.69 Å². The van der Waals surface area contributed by atoms with Gasteiger partial charge >= 0.3 is 0 Å². The third kappa shape index (κ3) is 2.91. The maximum atomic E-state index is 9.33. The van der Waals surface area contributed by atoms with Gasteiger partial charge < -0.3 is 9.80 Å². The van der Waals surface area contributed by atoms with Crippen LogP contribution in [0.1, 0.15) is 12.6 Å². The molecule has 0 radical (unpaired) electrons. The van der Waals surface area contributed by atoms with Gasteiger partial charge in [0.15, 0.2) is 5.82 Å². The SMILES string of the molecule is CCN1CCN(c2nn(-c3ccc(Cl)cc3)nc2C#N)CC1. The van der Waals surface area contributed by atoms with E-state index in [9.17, 15) is 5.26 Å². The predicted molar refractivity (Wildman–Crippen MR) is 85.4 cm³/mol. The standard InChI is InChI=1S/C15H17ClN6/c1-2-20-7-9-21(10-8-20)15-14(11-17)18-22(19-15)13-5-3-12(16)4-6-13/h3-6H,2,7-10H2,1H3. The first kappa shape index (κ1) is 14.8. The Kier molecular flexibility index (Phi) is 4.27. The van der Waals surface area contributed by atoms with Gasteiger partial charge in [-0.2, -0.15) is 5.26 Å². The molecule has 1 aromatic carbocycles. The fourth-order valence-electron chi connectivity index (χ4n) is 2.55. The van der Waals surface area contributed by atoms with Gasteiger partial charge in [0.2, 0.25) is 5.69 Å². The van der Waals surface area contributed by atoms with Crippen molar-refractivity contribution in [2.75, 3.05) is 37.6 Å². The van der Waals surface area contributed by atoms with Crippen LogP contribution in [0.3, 0.4) is 0 Å². The van der Waals surface area contributed by atoms with Gasteiger partial charge in [-0.15, -0.1) is 15.0 Å². The van der Waals surface area contributed by atoms with E-state index in [4.69, 9.17) is 11.6 Å². The number of piperazine rings is 1. The fourth-order valence-corrected chi connectivity index (χ4v) is 2.68. The smallest absolute Gasteiger partial charge is 0.207 e. The van der Waals surface area contributed by atoms with Gasteiger partial charge in [-0.3, -0.25) is 0 Å². The number of hydrogen-bond donors (Lipinski definition) is 0. The molecule has 1 fully saturated rings. The lowest BCUT2D eigenvalue weighted by atomic mass is 10.3. The summed E-state index contributed by atoms with van der Waals surface area (Å²) in [6.45, 7) is 6.90. The average molecular weight is 317 g/mol. The highest BCUT2D eigenvalue weighted by atomic mass is 35.5. The summed E-state index contributed by atoms with van der Waals surface area (Å²) in [5.74, 6) is 0.660. The maximum absolute atomic E-state index is 9.33. The monoisotopic (exact) mass is 316 g/mol. The molecule has 0 aliphatic carbocycles. The molecule has 3 rings (SSSR count). The lowest BCUT2D eigenvalue weighted by Gasteiger charge is -2.33. The molecule has 7 heteroatoms. The van der Waals surface area contributed by atoms with Gasteiger partial charge in [0.1, 0.15) is 6.07 Å². The number of halogens is 1. The van der Waals surface area contributed by atoms with E-state index in [1.54, 1.807) is 12.1 Å². The second-order valence-electron chi connectivity index (χ2n) is 5.17. The number of hydrogen-bond acceptors (Lipinski definition) is 5. The van der Waals surface area contributed by atoms with E-state index in [0.29, 0.717) is 16.5 Å². The summed E-state index contributed by atoms with van der Waals surface area (Å²) in [7, 11) is 0. The van der Waals surface area contributed by atoms with E-state index in [1.807, 2.05) is 12.1 Å². The minimum absolute atomic E-state index is 0.361. The zero-order chi connectivity index (χ0) is 15.5. The number of nitrogens with zero attached hydrogens (tertiary/aromatic N) is 6. The van der Waals surface area contributed by atoms with Crippen LogP contribution in [0, 0.1) is 11.3 Å². The van der Waals surface area contributed by atoms with Crippen LogP contribution in [-0.4, -0.2) is 52.6 Å². The van der Waals surface area contributed by atoms with Crippen molar-refractivity contribution in [1.82, 2.24) is 19.9 Å². The van der Waals surface area contributed by atoms with Crippen molar-refractivity contribution in [1.29, 1.82) is 5.26 Å². The first-order valence-electron chi connectivity index (χ1n) is 7.32. The van der Waals surface area contributed by atoms with E-state index in [1.165, 1.54) is 4.80 Å². The number of anilines is 1. The van der Waals surface area contributed by atoms with Crippen LogP contribution in [0.25, 0.3) is 5.69 Å². The summed E-state index contributed by atoms with van der Waals surface area (Å²) in [6, 6.07) is 9.38. The Morgan fingerprint density at radius 1 is 1.14 bits per heavy atom. The van der Waals surface area contributed by atoms with E-state index in [-0.39, 0.29) is 0 Å². The molecule has 1 aliphatic rings. The van der Waals surface area contributed by atoms with Crippen molar-refractivity contribution in [2.45, 2.75) is 6.92 Å². The third-order valence-corrected chi connectivity index (χ3v) is 4.13. The van der Waals surface area contributed by atoms with Crippen LogP contribution in [0.5, 0.6) is 0 Å². The molecule has 2 aromatic rings. The number of aromatic nitrogens is 3. The van der Waals surface area contributed by atoms with Crippen molar-refractivity contribution < 1.29 is 0 Å². The molecule has 1 saturated heterocycles. The Balaban J connectivity index is 1.86. The van der Waals surface area contributed by atoms with Gasteiger partial charge in [0.25, 0.3) is 0 Å². The quantitative estimate of drug-likeness (QED) is 0.866. The van der Waals surface area contributed by atoms with Crippen LogP contribution in [-0.2, 0) is 0 Å². The van der Waals surface area contributed by atoms with Crippen molar-refractivity contribution in [3.8, 4) is 11.8 Å². The largest absolute Gasteiger partial charge is 0.350 e. The van der Waals surface area contributed by atoms with E-state index >= 15 is 0 Å². The summed E-state index contributed by atoms with van der Waals surface area (Å²) < 4.78 is 0. The van der Waals surface area contributed by atoms with E-state index in [2.05, 4.69) is 33.0 Å². The van der Waals surface area contributed by atoms with Crippen LogP contribution in [0.2, 0.25) is 5.02 Å². The molecule has 114 valence electrons. The van der Waals surface area contributed by atoms with Gasteiger partial charge in [-0.25, -0.2) is 0 Å². The van der Waals surface area contributed by atoms with Crippen LogP contribution < -0.4 is 4.90 Å². The van der Waals surface area contributed by atoms with Crippen molar-refractivity contribution in [3.63, 3.8) is 0 Å². The Bertz CT molecular complexity index is 679. The summed E-state index contributed by atoms with van der Waals surface area (Å²) in [4.78, 5) is 6.01. The molecule has 2 heterocycles. The lowest BCUT2D eigenvalue weighted by Crippen LogP contribution is -2.46. The summed E-state index contributed by atoms with van der Waals surface area (Å²) in [5, 5.41) is 18.8. The van der Waals surface area contributed by atoms with E-state index < -0.39 is 0 Å². The van der Waals surface area contributed by atoms with Crippen LogP contribution in [0.4, 0.5) is 5.82 Å². The van der Waals surface area contributed by atoms with Gasteiger partial charge in [-0.1, -0.05) is 18.5 Å². The second-order valence-corrected chi connectivity index (χ2v) is 5.61. The number of nitriles is 1. The fraction of sp³-hybridized carbons (Fsp3) is 0.400. The highest BCUT2D eigenvalue weighted by molar-refractivity contribution is 6.30. The highest BCUT2D eigenvalue weighted by Crippen LogP contribution is 2.20. The molecule has 0 saturated carbocycles. The van der Waals surface area contributed by atoms with Crippen molar-refractivity contribution in [3.05, 3.63) is 35.0 Å². The second kappa shape index (κ2) is 6.34. The lowest BCUT2D eigenvalue weighted by molar-refractivity contribution is 0.270. The minimum Gasteiger partial charge on any atom is -0.350 e. The molecule has 1 aromatic heterocycles. The topological polar surface area (TPSA) is 61.0 Å². The van der Waals surface area contributed by atoms with Crippen molar-refractivity contribution in [2.24, 2.45) is 0 Å². The van der Waals surface area contributed by atoms with E-state index in [0.717, 1.165) is 38.4 Å². The first-order chi connectivity index (χ1) is 10.7. The Labute approximate surface area is 134 Å². The maximum Gasteiger partial charge on any atom is 0.207 e. The zero-order valence-corrected chi connectivity index (χ0v) is 13.2. The zero-order valence-electron chi connectivity index (χ0n) is 12.4. The molecule has 22 heavy (non-hydrogen) atoms. The van der Waals surface area contributed by atoms with Crippen molar-refractivity contribution >= 4 is 17.4 Å². The normalized spacial score (nSPS) is 15.8. The average Bonchev–Trinajstić information content (AvgIpc) is 3.00. The highest BCUT2D eigenvalue weighted by Gasteiger charge is 2.22. The molecular weight excluding hydrogens is 300 g/mol. The Hall–Kier alpha value is -2.10.